The Kier molecular flexibility index (Phi) is 7.46. The smallest absolute Gasteiger partial charge is 0.272 e. The number of hydrogen-bond donors (Lipinski definition) is 1. The van der Waals surface area contributed by atoms with Crippen molar-refractivity contribution < 1.29 is 13.5 Å². The van der Waals surface area contributed by atoms with Gasteiger partial charge in [0.05, 0.1) is 11.9 Å². The largest absolute Gasteiger partial charge is 0.486 e. The molecule has 2 aromatic rings. The van der Waals surface area contributed by atoms with E-state index < -0.39 is 13.0 Å². The number of ether oxygens (including phenoxy) is 1. The molecule has 0 saturated heterocycles. The Hall–Kier alpha value is -2.76. The molecule has 0 aliphatic rings. The van der Waals surface area contributed by atoms with Crippen LogP contribution in [-0.2, 0) is 13.1 Å². The molecule has 144 valence electrons. The van der Waals surface area contributed by atoms with E-state index >= 15 is 0 Å². The fraction of sp³-hybridized carbons (Fsp3) is 0.350. The third kappa shape index (κ3) is 5.88. The van der Waals surface area contributed by atoms with Gasteiger partial charge in [-0.1, -0.05) is 6.58 Å². The Morgan fingerprint density at radius 1 is 1.37 bits per heavy atom. The van der Waals surface area contributed by atoms with Crippen LogP contribution in [0.4, 0.5) is 14.6 Å². The predicted molar refractivity (Wildman–Crippen MR) is 103 cm³/mol. The van der Waals surface area contributed by atoms with Crippen molar-refractivity contribution in [3.05, 3.63) is 59.2 Å². The Labute approximate surface area is 158 Å². The number of anilines is 1. The zero-order chi connectivity index (χ0) is 19.8. The summed E-state index contributed by atoms with van der Waals surface area (Å²) in [5, 5.41) is 3.10. The molecule has 0 unspecified atom stereocenters. The van der Waals surface area contributed by atoms with Crippen LogP contribution >= 0.6 is 0 Å². The minimum Gasteiger partial charge on any atom is -0.486 e. The zero-order valence-corrected chi connectivity index (χ0v) is 15.8. The van der Waals surface area contributed by atoms with Gasteiger partial charge < -0.3 is 10.1 Å². The Bertz CT molecular complexity index is 820. The van der Waals surface area contributed by atoms with Gasteiger partial charge in [-0.2, -0.15) is 0 Å². The average molecular weight is 374 g/mol. The van der Waals surface area contributed by atoms with E-state index in [-0.39, 0.29) is 0 Å². The normalized spacial score (nSPS) is 10.8. The standard InChI is InChI=1S/C20H24F2N4O/c1-5-6-15-7-8-24-20(23-3)17(15)12-26(4)11-16-9-14(2)18(10-25-16)27-13-19(21)22/h6-10,19H,1,11-13H2,2-4H3,(H,23,24). The van der Waals surface area contributed by atoms with Gasteiger partial charge in [-0.3, -0.25) is 9.88 Å². The van der Waals surface area contributed by atoms with Gasteiger partial charge >= 0.3 is 0 Å². The molecule has 7 heteroatoms. The molecule has 0 saturated carbocycles. The first-order valence-electron chi connectivity index (χ1n) is 8.51. The SMILES string of the molecule is C=C=Cc1ccnc(NC)c1CN(C)Cc1cc(C)c(OCC(F)F)cn1. The van der Waals surface area contributed by atoms with Crippen molar-refractivity contribution in [1.29, 1.82) is 0 Å². The molecule has 0 aliphatic heterocycles. The van der Waals surface area contributed by atoms with Crippen LogP contribution in [0.15, 0.2) is 36.8 Å². The summed E-state index contributed by atoms with van der Waals surface area (Å²) in [6.07, 6.45) is 2.55. The summed E-state index contributed by atoms with van der Waals surface area (Å²) in [6, 6.07) is 3.77. The van der Waals surface area contributed by atoms with Crippen LogP contribution < -0.4 is 10.1 Å². The topological polar surface area (TPSA) is 50.3 Å². The van der Waals surface area contributed by atoms with Gasteiger partial charge in [-0.15, -0.1) is 5.73 Å². The van der Waals surface area contributed by atoms with Crippen molar-refractivity contribution in [1.82, 2.24) is 14.9 Å². The maximum atomic E-state index is 12.3. The van der Waals surface area contributed by atoms with Gasteiger partial charge in [0.2, 0.25) is 0 Å². The maximum Gasteiger partial charge on any atom is 0.272 e. The van der Waals surface area contributed by atoms with E-state index in [1.807, 2.05) is 39.2 Å². The second-order valence-electron chi connectivity index (χ2n) is 6.14. The molecule has 2 heterocycles. The predicted octanol–water partition coefficient (Wildman–Crippen LogP) is 3.90. The Morgan fingerprint density at radius 2 is 2.15 bits per heavy atom. The lowest BCUT2D eigenvalue weighted by atomic mass is 10.1. The van der Waals surface area contributed by atoms with E-state index in [0.29, 0.717) is 18.8 Å². The van der Waals surface area contributed by atoms with E-state index in [9.17, 15) is 8.78 Å². The quantitative estimate of drug-likeness (QED) is 0.675. The Balaban J connectivity index is 2.11. The van der Waals surface area contributed by atoms with Crippen LogP contribution in [0.2, 0.25) is 0 Å². The summed E-state index contributed by atoms with van der Waals surface area (Å²) in [6.45, 7) is 6.06. The number of alkyl halides is 2. The summed E-state index contributed by atoms with van der Waals surface area (Å²) in [5.41, 5.74) is 6.44. The van der Waals surface area contributed by atoms with Crippen LogP contribution in [0.1, 0.15) is 22.4 Å². The molecule has 27 heavy (non-hydrogen) atoms. The van der Waals surface area contributed by atoms with Gasteiger partial charge in [-0.05, 0) is 43.3 Å². The first kappa shape index (κ1) is 20.6. The lowest BCUT2D eigenvalue weighted by Gasteiger charge is -2.20. The molecule has 5 nitrogen and oxygen atoms in total. The molecule has 0 aliphatic carbocycles. The highest BCUT2D eigenvalue weighted by Crippen LogP contribution is 2.22. The van der Waals surface area contributed by atoms with Crippen molar-refractivity contribution in [3.63, 3.8) is 0 Å². The van der Waals surface area contributed by atoms with Crippen LogP contribution in [0.25, 0.3) is 6.08 Å². The number of pyridine rings is 2. The molecule has 0 aromatic carbocycles. The van der Waals surface area contributed by atoms with Crippen LogP contribution in [-0.4, -0.2) is 42.0 Å². The lowest BCUT2D eigenvalue weighted by Crippen LogP contribution is -2.20. The second kappa shape index (κ2) is 9.80. The number of nitrogens with zero attached hydrogens (tertiary/aromatic N) is 3. The van der Waals surface area contributed by atoms with Crippen LogP contribution in [0.5, 0.6) is 5.75 Å². The number of halogens is 2. The molecule has 1 N–H and O–H groups in total. The minimum atomic E-state index is -2.50. The van der Waals surface area contributed by atoms with Gasteiger partial charge in [0.15, 0.2) is 0 Å². The van der Waals surface area contributed by atoms with Crippen molar-refractivity contribution in [2.45, 2.75) is 26.4 Å². The maximum absolute atomic E-state index is 12.3. The summed E-state index contributed by atoms with van der Waals surface area (Å²) in [4.78, 5) is 10.8. The van der Waals surface area contributed by atoms with E-state index in [1.165, 1.54) is 6.20 Å². The summed E-state index contributed by atoms with van der Waals surface area (Å²) in [5.74, 6) is 1.18. The van der Waals surface area contributed by atoms with E-state index in [0.717, 1.165) is 28.2 Å². The molecule has 0 atom stereocenters. The van der Waals surface area contributed by atoms with Gasteiger partial charge in [0.25, 0.3) is 6.43 Å². The highest BCUT2D eigenvalue weighted by Gasteiger charge is 2.12. The van der Waals surface area contributed by atoms with Crippen molar-refractivity contribution in [3.8, 4) is 5.75 Å². The third-order valence-corrected chi connectivity index (χ3v) is 3.93. The molecule has 0 bridgehead atoms. The van der Waals surface area contributed by atoms with E-state index in [1.54, 1.807) is 6.20 Å². The molecule has 0 radical (unpaired) electrons. The number of aromatic nitrogens is 2. The number of rotatable bonds is 9. The van der Waals surface area contributed by atoms with Crippen molar-refractivity contribution in [2.75, 3.05) is 26.0 Å². The van der Waals surface area contributed by atoms with Crippen LogP contribution in [0.3, 0.4) is 0 Å². The van der Waals surface area contributed by atoms with Crippen LogP contribution in [0, 0.1) is 6.92 Å². The highest BCUT2D eigenvalue weighted by molar-refractivity contribution is 5.60. The molecule has 0 spiro atoms. The fourth-order valence-electron chi connectivity index (χ4n) is 2.73. The van der Waals surface area contributed by atoms with Gasteiger partial charge in [-0.25, -0.2) is 13.8 Å². The number of aryl methyl sites for hydroxylation is 1. The molecular weight excluding hydrogens is 350 g/mol. The molecule has 2 rings (SSSR count). The molecule has 2 aromatic heterocycles. The lowest BCUT2D eigenvalue weighted by molar-refractivity contribution is 0.0813. The van der Waals surface area contributed by atoms with E-state index in [2.05, 4.69) is 32.5 Å². The van der Waals surface area contributed by atoms with Gasteiger partial charge in [0, 0.05) is 31.9 Å². The first-order chi connectivity index (χ1) is 12.9. The number of hydrogen-bond acceptors (Lipinski definition) is 5. The molecular formula is C20H24F2N4O. The fourth-order valence-corrected chi connectivity index (χ4v) is 2.73. The zero-order valence-electron chi connectivity index (χ0n) is 15.8. The first-order valence-corrected chi connectivity index (χ1v) is 8.51. The van der Waals surface area contributed by atoms with Gasteiger partial charge in [0.1, 0.15) is 18.2 Å². The molecule has 0 amide bonds. The molecule has 0 fully saturated rings. The highest BCUT2D eigenvalue weighted by atomic mass is 19.3. The van der Waals surface area contributed by atoms with E-state index in [4.69, 9.17) is 4.74 Å². The third-order valence-electron chi connectivity index (χ3n) is 3.93. The second-order valence-corrected chi connectivity index (χ2v) is 6.14. The number of nitrogens with one attached hydrogen (secondary N) is 1. The minimum absolute atomic E-state index is 0.379. The summed E-state index contributed by atoms with van der Waals surface area (Å²) >= 11 is 0. The summed E-state index contributed by atoms with van der Waals surface area (Å²) < 4.78 is 29.6. The summed E-state index contributed by atoms with van der Waals surface area (Å²) in [7, 11) is 3.81. The van der Waals surface area contributed by atoms with Crippen molar-refractivity contribution >= 4 is 11.9 Å². The monoisotopic (exact) mass is 374 g/mol. The Morgan fingerprint density at radius 3 is 2.78 bits per heavy atom. The van der Waals surface area contributed by atoms with Crippen molar-refractivity contribution in [2.24, 2.45) is 0 Å². The average Bonchev–Trinajstić information content (AvgIpc) is 2.62.